The standard InChI is InChI=1S/C14H13N5O2/c20-13-11-9-15-19(10-5-2-1-3-6-10)12(11)16-14(17-13)18-7-4-8-21-18/h1-3,5-6,9H,4,7-8H2,(H,16,17,20). The molecule has 106 valence electrons. The lowest BCUT2D eigenvalue weighted by molar-refractivity contribution is 0.164. The van der Waals surface area contributed by atoms with E-state index in [1.165, 1.54) is 6.20 Å². The number of rotatable bonds is 2. The van der Waals surface area contributed by atoms with E-state index in [9.17, 15) is 4.79 Å². The van der Waals surface area contributed by atoms with Gasteiger partial charge in [-0.3, -0.25) is 14.6 Å². The first-order chi connectivity index (χ1) is 10.3. The van der Waals surface area contributed by atoms with Crippen LogP contribution in [0.4, 0.5) is 5.95 Å². The van der Waals surface area contributed by atoms with Gasteiger partial charge >= 0.3 is 0 Å². The number of hydrogen-bond acceptors (Lipinski definition) is 5. The number of aromatic amines is 1. The van der Waals surface area contributed by atoms with Crippen LogP contribution in [-0.2, 0) is 4.84 Å². The normalized spacial score (nSPS) is 15.0. The van der Waals surface area contributed by atoms with Crippen LogP contribution in [-0.4, -0.2) is 32.9 Å². The molecule has 2 aromatic heterocycles. The molecule has 3 aromatic rings. The van der Waals surface area contributed by atoms with E-state index in [0.717, 1.165) is 12.1 Å². The third-order valence-corrected chi connectivity index (χ3v) is 3.42. The van der Waals surface area contributed by atoms with Crippen LogP contribution in [0.1, 0.15) is 6.42 Å². The quantitative estimate of drug-likeness (QED) is 0.766. The van der Waals surface area contributed by atoms with Gasteiger partial charge in [0.25, 0.3) is 5.56 Å². The topological polar surface area (TPSA) is 76.0 Å². The molecule has 1 N–H and O–H groups in total. The fraction of sp³-hybridized carbons (Fsp3) is 0.214. The lowest BCUT2D eigenvalue weighted by Gasteiger charge is -2.14. The summed E-state index contributed by atoms with van der Waals surface area (Å²) in [4.78, 5) is 24.8. The van der Waals surface area contributed by atoms with Crippen LogP contribution in [0.2, 0.25) is 0 Å². The second kappa shape index (κ2) is 4.71. The number of para-hydroxylation sites is 1. The van der Waals surface area contributed by atoms with Gasteiger partial charge < -0.3 is 0 Å². The third-order valence-electron chi connectivity index (χ3n) is 3.42. The van der Waals surface area contributed by atoms with Crippen molar-refractivity contribution in [1.82, 2.24) is 19.7 Å². The largest absolute Gasteiger partial charge is 0.290 e. The molecule has 0 spiro atoms. The van der Waals surface area contributed by atoms with Crippen LogP contribution in [0.25, 0.3) is 16.7 Å². The summed E-state index contributed by atoms with van der Waals surface area (Å²) in [7, 11) is 0. The molecule has 1 saturated heterocycles. The Morgan fingerprint density at radius 3 is 2.86 bits per heavy atom. The summed E-state index contributed by atoms with van der Waals surface area (Å²) in [6.45, 7) is 1.35. The highest BCUT2D eigenvalue weighted by Crippen LogP contribution is 2.18. The fourth-order valence-corrected chi connectivity index (χ4v) is 2.40. The Morgan fingerprint density at radius 1 is 1.24 bits per heavy atom. The van der Waals surface area contributed by atoms with Crippen molar-refractivity contribution in [2.24, 2.45) is 0 Å². The summed E-state index contributed by atoms with van der Waals surface area (Å²) in [5, 5.41) is 6.34. The van der Waals surface area contributed by atoms with E-state index in [-0.39, 0.29) is 5.56 Å². The van der Waals surface area contributed by atoms with E-state index in [4.69, 9.17) is 4.84 Å². The molecule has 7 heteroatoms. The maximum Gasteiger partial charge on any atom is 0.263 e. The number of fused-ring (bicyclic) bond motifs is 1. The van der Waals surface area contributed by atoms with Crippen molar-refractivity contribution in [3.8, 4) is 5.69 Å². The first-order valence-electron chi connectivity index (χ1n) is 6.77. The second-order valence-corrected chi connectivity index (χ2v) is 4.81. The average Bonchev–Trinajstić information content (AvgIpc) is 3.18. The van der Waals surface area contributed by atoms with Crippen molar-refractivity contribution < 1.29 is 4.84 Å². The van der Waals surface area contributed by atoms with Gasteiger partial charge in [-0.2, -0.15) is 10.1 Å². The first kappa shape index (κ1) is 12.1. The number of benzene rings is 1. The van der Waals surface area contributed by atoms with Crippen LogP contribution in [0.15, 0.2) is 41.3 Å². The van der Waals surface area contributed by atoms with Crippen molar-refractivity contribution >= 4 is 17.0 Å². The summed E-state index contributed by atoms with van der Waals surface area (Å²) in [6, 6.07) is 9.60. The van der Waals surface area contributed by atoms with Crippen molar-refractivity contribution in [2.45, 2.75) is 6.42 Å². The van der Waals surface area contributed by atoms with Gasteiger partial charge in [0.15, 0.2) is 5.65 Å². The zero-order valence-corrected chi connectivity index (χ0v) is 11.2. The molecule has 1 fully saturated rings. The minimum Gasteiger partial charge on any atom is -0.290 e. The van der Waals surface area contributed by atoms with Crippen LogP contribution in [0.5, 0.6) is 0 Å². The summed E-state index contributed by atoms with van der Waals surface area (Å²) in [6.07, 6.45) is 2.45. The molecular weight excluding hydrogens is 270 g/mol. The minimum absolute atomic E-state index is 0.215. The van der Waals surface area contributed by atoms with Crippen LogP contribution < -0.4 is 10.6 Å². The number of H-pyrrole nitrogens is 1. The van der Waals surface area contributed by atoms with Gasteiger partial charge in [0.05, 0.1) is 25.0 Å². The number of nitrogens with one attached hydrogen (secondary N) is 1. The van der Waals surface area contributed by atoms with Crippen molar-refractivity contribution in [1.29, 1.82) is 0 Å². The maximum atomic E-state index is 12.2. The Kier molecular flexibility index (Phi) is 2.71. The van der Waals surface area contributed by atoms with E-state index in [1.54, 1.807) is 9.75 Å². The van der Waals surface area contributed by atoms with Gasteiger partial charge in [-0.05, 0) is 18.6 Å². The smallest absolute Gasteiger partial charge is 0.263 e. The molecular formula is C14H13N5O2. The SMILES string of the molecule is O=c1[nH]c(N2CCCO2)nc2c1cnn2-c1ccccc1. The lowest BCUT2D eigenvalue weighted by atomic mass is 10.3. The maximum absolute atomic E-state index is 12.2. The Bertz CT molecular complexity index is 833. The lowest BCUT2D eigenvalue weighted by Crippen LogP contribution is -2.23. The molecule has 1 aliphatic heterocycles. The van der Waals surface area contributed by atoms with E-state index >= 15 is 0 Å². The predicted molar refractivity (Wildman–Crippen MR) is 77.4 cm³/mol. The molecule has 1 aromatic carbocycles. The van der Waals surface area contributed by atoms with E-state index in [2.05, 4.69) is 15.1 Å². The summed E-state index contributed by atoms with van der Waals surface area (Å²) in [5.41, 5.74) is 1.17. The third kappa shape index (κ3) is 1.98. The van der Waals surface area contributed by atoms with Crippen LogP contribution in [0.3, 0.4) is 0 Å². The Labute approximate surface area is 119 Å². The number of hydrogen-bond donors (Lipinski definition) is 1. The molecule has 0 bridgehead atoms. The van der Waals surface area contributed by atoms with E-state index < -0.39 is 0 Å². The van der Waals surface area contributed by atoms with Gasteiger partial charge in [-0.25, -0.2) is 9.75 Å². The molecule has 21 heavy (non-hydrogen) atoms. The minimum atomic E-state index is -0.215. The summed E-state index contributed by atoms with van der Waals surface area (Å²) in [5.74, 6) is 0.419. The zero-order chi connectivity index (χ0) is 14.2. The van der Waals surface area contributed by atoms with Gasteiger partial charge in [-0.15, -0.1) is 0 Å². The second-order valence-electron chi connectivity index (χ2n) is 4.81. The van der Waals surface area contributed by atoms with Gasteiger partial charge in [-0.1, -0.05) is 18.2 Å². The predicted octanol–water partition coefficient (Wildman–Crippen LogP) is 1.25. The summed E-state index contributed by atoms with van der Waals surface area (Å²) >= 11 is 0. The molecule has 1 aliphatic rings. The molecule has 0 aliphatic carbocycles. The molecule has 3 heterocycles. The Hall–Kier alpha value is -2.67. The van der Waals surface area contributed by atoms with Gasteiger partial charge in [0.1, 0.15) is 5.39 Å². The van der Waals surface area contributed by atoms with Crippen LogP contribution in [0, 0.1) is 0 Å². The zero-order valence-electron chi connectivity index (χ0n) is 11.2. The number of anilines is 1. The Balaban J connectivity index is 1.91. The molecule has 0 radical (unpaired) electrons. The van der Waals surface area contributed by atoms with E-state index in [1.807, 2.05) is 30.3 Å². The molecule has 0 unspecified atom stereocenters. The highest BCUT2D eigenvalue weighted by atomic mass is 16.7. The first-order valence-corrected chi connectivity index (χ1v) is 6.77. The van der Waals surface area contributed by atoms with E-state index in [0.29, 0.717) is 30.1 Å². The van der Waals surface area contributed by atoms with Crippen molar-refractivity contribution in [3.05, 3.63) is 46.9 Å². The number of nitrogens with zero attached hydrogens (tertiary/aromatic N) is 4. The highest BCUT2D eigenvalue weighted by molar-refractivity contribution is 5.76. The average molecular weight is 283 g/mol. The van der Waals surface area contributed by atoms with Crippen molar-refractivity contribution in [3.63, 3.8) is 0 Å². The fourth-order valence-electron chi connectivity index (χ4n) is 2.40. The molecule has 0 saturated carbocycles. The van der Waals surface area contributed by atoms with Crippen LogP contribution >= 0.6 is 0 Å². The van der Waals surface area contributed by atoms with Gasteiger partial charge in [0.2, 0.25) is 5.95 Å². The number of aromatic nitrogens is 4. The monoisotopic (exact) mass is 283 g/mol. The molecule has 7 nitrogen and oxygen atoms in total. The molecule has 0 atom stereocenters. The Morgan fingerprint density at radius 2 is 2.10 bits per heavy atom. The van der Waals surface area contributed by atoms with Gasteiger partial charge in [0, 0.05) is 0 Å². The van der Waals surface area contributed by atoms with Crippen molar-refractivity contribution in [2.75, 3.05) is 18.2 Å². The molecule has 4 rings (SSSR count). The highest BCUT2D eigenvalue weighted by Gasteiger charge is 2.19. The molecule has 0 amide bonds. The number of hydroxylamine groups is 1. The summed E-state index contributed by atoms with van der Waals surface area (Å²) < 4.78 is 1.66.